The number of fused-ring (bicyclic) bond motifs is 5. The third-order valence-electron chi connectivity index (χ3n) is 5.98. The molecular weight excluding hydrogens is 289 g/mol. The molecule has 0 heterocycles. The summed E-state index contributed by atoms with van der Waals surface area (Å²) < 4.78 is 0. The standard InChI is InChI=1S/C17H21Cl2N/c18-15-5-4-10(6-16(15)19)9-20-17-8-11-7-14(17)13-3-1-2-12(11)13/h4-6,11-14,17,20H,1-3,7-9H2. The summed E-state index contributed by atoms with van der Waals surface area (Å²) in [7, 11) is 0. The van der Waals surface area contributed by atoms with E-state index >= 15 is 0 Å². The predicted molar refractivity (Wildman–Crippen MR) is 84.1 cm³/mol. The highest BCUT2D eigenvalue weighted by Gasteiger charge is 2.53. The summed E-state index contributed by atoms with van der Waals surface area (Å²) in [4.78, 5) is 0. The van der Waals surface area contributed by atoms with E-state index in [0.29, 0.717) is 10.0 Å². The summed E-state index contributed by atoms with van der Waals surface area (Å²) in [6.45, 7) is 0.919. The zero-order valence-electron chi connectivity index (χ0n) is 11.6. The molecule has 0 amide bonds. The molecule has 20 heavy (non-hydrogen) atoms. The second-order valence-corrected chi connectivity index (χ2v) is 7.70. The second-order valence-electron chi connectivity index (χ2n) is 6.89. The maximum absolute atomic E-state index is 6.09. The number of nitrogens with one attached hydrogen (secondary N) is 1. The van der Waals surface area contributed by atoms with Crippen LogP contribution in [-0.2, 0) is 6.54 Å². The van der Waals surface area contributed by atoms with Gasteiger partial charge in [0, 0.05) is 12.6 Å². The van der Waals surface area contributed by atoms with E-state index in [1.807, 2.05) is 12.1 Å². The molecule has 1 N–H and O–H groups in total. The van der Waals surface area contributed by atoms with Crippen molar-refractivity contribution < 1.29 is 0 Å². The number of rotatable bonds is 3. The van der Waals surface area contributed by atoms with Crippen molar-refractivity contribution >= 4 is 23.2 Å². The third kappa shape index (κ3) is 2.19. The van der Waals surface area contributed by atoms with Crippen LogP contribution in [0.3, 0.4) is 0 Å². The van der Waals surface area contributed by atoms with Gasteiger partial charge in [-0.05, 0) is 67.1 Å². The van der Waals surface area contributed by atoms with E-state index in [9.17, 15) is 0 Å². The SMILES string of the molecule is Clc1ccc(CNC2CC3CC2C2CCCC32)cc1Cl. The maximum Gasteiger partial charge on any atom is 0.0595 e. The molecule has 3 aliphatic carbocycles. The maximum atomic E-state index is 6.09. The lowest BCUT2D eigenvalue weighted by Gasteiger charge is -2.32. The first-order valence-corrected chi connectivity index (χ1v) is 8.65. The Bertz CT molecular complexity index is 516. The second kappa shape index (κ2) is 5.19. The van der Waals surface area contributed by atoms with Gasteiger partial charge in [-0.2, -0.15) is 0 Å². The van der Waals surface area contributed by atoms with Crippen LogP contribution in [0.15, 0.2) is 18.2 Å². The largest absolute Gasteiger partial charge is 0.310 e. The molecule has 0 saturated heterocycles. The number of hydrogen-bond acceptors (Lipinski definition) is 1. The van der Waals surface area contributed by atoms with Crippen molar-refractivity contribution in [3.8, 4) is 0 Å². The molecule has 3 heteroatoms. The molecule has 5 atom stereocenters. The van der Waals surface area contributed by atoms with Crippen molar-refractivity contribution in [3.05, 3.63) is 33.8 Å². The van der Waals surface area contributed by atoms with Crippen molar-refractivity contribution in [1.29, 1.82) is 0 Å². The summed E-state index contributed by atoms with van der Waals surface area (Å²) in [5, 5.41) is 5.09. The van der Waals surface area contributed by atoms with Gasteiger partial charge in [-0.1, -0.05) is 35.7 Å². The van der Waals surface area contributed by atoms with Gasteiger partial charge in [0.1, 0.15) is 0 Å². The Labute approximate surface area is 131 Å². The molecule has 5 unspecified atom stereocenters. The highest BCUT2D eigenvalue weighted by atomic mass is 35.5. The number of hydrogen-bond donors (Lipinski definition) is 1. The first-order chi connectivity index (χ1) is 9.72. The van der Waals surface area contributed by atoms with Crippen molar-refractivity contribution in [2.75, 3.05) is 0 Å². The van der Waals surface area contributed by atoms with Crippen LogP contribution in [0.2, 0.25) is 10.0 Å². The van der Waals surface area contributed by atoms with Crippen molar-refractivity contribution in [2.24, 2.45) is 23.7 Å². The molecule has 1 aromatic carbocycles. The van der Waals surface area contributed by atoms with Crippen molar-refractivity contribution in [2.45, 2.75) is 44.7 Å². The number of halogens is 2. The minimum absolute atomic E-state index is 0.643. The summed E-state index contributed by atoms with van der Waals surface area (Å²) in [6.07, 6.45) is 7.34. The zero-order valence-corrected chi connectivity index (χ0v) is 13.1. The lowest BCUT2D eigenvalue weighted by atomic mass is 9.79. The van der Waals surface area contributed by atoms with Crippen LogP contribution in [0.25, 0.3) is 0 Å². The van der Waals surface area contributed by atoms with Crippen molar-refractivity contribution in [3.63, 3.8) is 0 Å². The van der Waals surface area contributed by atoms with E-state index in [0.717, 1.165) is 36.3 Å². The Morgan fingerprint density at radius 3 is 2.70 bits per heavy atom. The first-order valence-electron chi connectivity index (χ1n) is 7.89. The van der Waals surface area contributed by atoms with Gasteiger partial charge >= 0.3 is 0 Å². The molecule has 3 saturated carbocycles. The minimum atomic E-state index is 0.643. The zero-order chi connectivity index (χ0) is 13.7. The highest BCUT2D eigenvalue weighted by molar-refractivity contribution is 6.42. The highest BCUT2D eigenvalue weighted by Crippen LogP contribution is 2.58. The summed E-state index contributed by atoms with van der Waals surface area (Å²) in [5.41, 5.74) is 1.24. The fraction of sp³-hybridized carbons (Fsp3) is 0.647. The molecular formula is C17H21Cl2N. The molecule has 3 fully saturated rings. The third-order valence-corrected chi connectivity index (χ3v) is 6.72. The van der Waals surface area contributed by atoms with Gasteiger partial charge in [-0.15, -0.1) is 0 Å². The lowest BCUT2D eigenvalue weighted by Crippen LogP contribution is -2.38. The Kier molecular flexibility index (Phi) is 3.48. The van der Waals surface area contributed by atoms with Gasteiger partial charge in [-0.25, -0.2) is 0 Å². The van der Waals surface area contributed by atoms with E-state index in [2.05, 4.69) is 11.4 Å². The van der Waals surface area contributed by atoms with E-state index in [-0.39, 0.29) is 0 Å². The van der Waals surface area contributed by atoms with Crippen LogP contribution in [0.4, 0.5) is 0 Å². The minimum Gasteiger partial charge on any atom is -0.310 e. The van der Waals surface area contributed by atoms with Crippen LogP contribution < -0.4 is 5.32 Å². The van der Waals surface area contributed by atoms with E-state index < -0.39 is 0 Å². The van der Waals surface area contributed by atoms with Crippen molar-refractivity contribution in [1.82, 2.24) is 5.32 Å². The molecule has 0 aromatic heterocycles. The van der Waals surface area contributed by atoms with Crippen LogP contribution in [0.5, 0.6) is 0 Å². The van der Waals surface area contributed by atoms with Crippen LogP contribution in [0.1, 0.15) is 37.7 Å². The molecule has 4 rings (SSSR count). The van der Waals surface area contributed by atoms with Crippen LogP contribution >= 0.6 is 23.2 Å². The van der Waals surface area contributed by atoms with Crippen LogP contribution in [0, 0.1) is 23.7 Å². The van der Waals surface area contributed by atoms with E-state index in [1.54, 1.807) is 0 Å². The van der Waals surface area contributed by atoms with E-state index in [4.69, 9.17) is 23.2 Å². The first kappa shape index (κ1) is 13.4. The smallest absolute Gasteiger partial charge is 0.0595 e. The Morgan fingerprint density at radius 1 is 1.00 bits per heavy atom. The molecule has 3 aliphatic rings. The predicted octanol–water partition coefficient (Wildman–Crippen LogP) is 4.91. The summed E-state index contributed by atoms with van der Waals surface area (Å²) >= 11 is 12.1. The van der Waals surface area contributed by atoms with E-state index in [1.165, 1.54) is 37.7 Å². The average Bonchev–Trinajstić information content (AvgIpc) is 3.11. The summed E-state index contributed by atoms with van der Waals surface area (Å²) in [6, 6.07) is 6.69. The lowest BCUT2D eigenvalue weighted by molar-refractivity contribution is 0.208. The van der Waals surface area contributed by atoms with Gasteiger partial charge in [-0.3, -0.25) is 0 Å². The topological polar surface area (TPSA) is 12.0 Å². The Morgan fingerprint density at radius 2 is 1.85 bits per heavy atom. The monoisotopic (exact) mass is 309 g/mol. The molecule has 0 spiro atoms. The normalized spacial score (nSPS) is 38.4. The molecule has 0 radical (unpaired) electrons. The average molecular weight is 310 g/mol. The summed E-state index contributed by atoms with van der Waals surface area (Å²) in [5.74, 6) is 4.05. The molecule has 2 bridgehead atoms. The molecule has 108 valence electrons. The fourth-order valence-electron chi connectivity index (χ4n) is 5.20. The van der Waals surface area contributed by atoms with Gasteiger partial charge in [0.25, 0.3) is 0 Å². The Balaban J connectivity index is 1.40. The fourth-order valence-corrected chi connectivity index (χ4v) is 5.52. The molecule has 1 nitrogen and oxygen atoms in total. The quantitative estimate of drug-likeness (QED) is 0.836. The van der Waals surface area contributed by atoms with Crippen LogP contribution in [-0.4, -0.2) is 6.04 Å². The molecule has 0 aliphatic heterocycles. The van der Waals surface area contributed by atoms with Gasteiger partial charge < -0.3 is 5.32 Å². The Hall–Kier alpha value is -0.240. The number of benzene rings is 1. The van der Waals surface area contributed by atoms with Gasteiger partial charge in [0.05, 0.1) is 10.0 Å². The van der Waals surface area contributed by atoms with Gasteiger partial charge in [0.2, 0.25) is 0 Å². The van der Waals surface area contributed by atoms with Gasteiger partial charge in [0.15, 0.2) is 0 Å². The molecule has 1 aromatic rings.